The molecule has 1 saturated carbocycles. The first-order valence-corrected chi connectivity index (χ1v) is 6.92. The molecule has 0 aromatic heterocycles. The van der Waals surface area contributed by atoms with Crippen molar-refractivity contribution in [3.05, 3.63) is 33.9 Å². The molecule has 1 aromatic carbocycles. The summed E-state index contributed by atoms with van der Waals surface area (Å²) >= 11 is 0. The molecule has 0 spiro atoms. The molecular formula is C14H16N2O5. The molecule has 3 rings (SSSR count). The van der Waals surface area contributed by atoms with Crippen LogP contribution in [0.15, 0.2) is 18.2 Å². The molecule has 1 aliphatic carbocycles. The molecule has 0 radical (unpaired) electrons. The van der Waals surface area contributed by atoms with Gasteiger partial charge in [0.2, 0.25) is 0 Å². The number of fused-ring (bicyclic) bond motifs is 1. The van der Waals surface area contributed by atoms with Crippen LogP contribution in [0.3, 0.4) is 0 Å². The highest BCUT2D eigenvalue weighted by molar-refractivity contribution is 5.95. The summed E-state index contributed by atoms with van der Waals surface area (Å²) in [4.78, 5) is 23.5. The van der Waals surface area contributed by atoms with Crippen molar-refractivity contribution in [1.29, 1.82) is 0 Å². The van der Waals surface area contributed by atoms with Crippen LogP contribution in [0.1, 0.15) is 23.2 Å². The maximum atomic E-state index is 11.3. The average molecular weight is 292 g/mol. The Balaban J connectivity index is 1.95. The van der Waals surface area contributed by atoms with Gasteiger partial charge >= 0.3 is 5.97 Å². The Hall–Kier alpha value is -2.15. The Morgan fingerprint density at radius 2 is 2.10 bits per heavy atom. The van der Waals surface area contributed by atoms with E-state index in [2.05, 4.69) is 0 Å². The number of rotatable bonds is 3. The van der Waals surface area contributed by atoms with Crippen LogP contribution in [0.5, 0.6) is 0 Å². The fourth-order valence-corrected chi connectivity index (χ4v) is 3.51. The number of aromatic carboxylic acids is 1. The fraction of sp³-hybridized carbons (Fsp3) is 0.500. The second-order valence-electron chi connectivity index (χ2n) is 5.74. The average Bonchev–Trinajstić information content (AvgIpc) is 3.00. The largest absolute Gasteiger partial charge is 0.478 e. The summed E-state index contributed by atoms with van der Waals surface area (Å²) in [6.45, 7) is 1.19. The van der Waals surface area contributed by atoms with Crippen molar-refractivity contribution in [2.45, 2.75) is 18.9 Å². The van der Waals surface area contributed by atoms with E-state index < -0.39 is 10.9 Å². The molecule has 2 aliphatic rings. The number of carboxylic acids is 1. The molecule has 1 heterocycles. The van der Waals surface area contributed by atoms with Crippen molar-refractivity contribution < 1.29 is 19.9 Å². The third-order valence-corrected chi connectivity index (χ3v) is 4.58. The molecule has 112 valence electrons. The predicted molar refractivity (Wildman–Crippen MR) is 74.5 cm³/mol. The van der Waals surface area contributed by atoms with Crippen LogP contribution >= 0.6 is 0 Å². The third kappa shape index (κ3) is 2.33. The summed E-state index contributed by atoms with van der Waals surface area (Å²) in [6, 6.07) is 3.80. The van der Waals surface area contributed by atoms with Gasteiger partial charge in [-0.2, -0.15) is 0 Å². The standard InChI is InChI=1S/C14H16N2O5/c17-13-4-1-8-6-15(7-11(8)13)12-5-9(16(20)21)2-3-10(12)14(18)19/h2-3,5,8,11,13,17H,1,4,6-7H2,(H,18,19). The molecule has 1 saturated heterocycles. The SMILES string of the molecule is O=C(O)c1ccc([N+](=O)[O-])cc1N1CC2CCC(O)C2C1. The Bertz CT molecular complexity index is 603. The first-order chi connectivity index (χ1) is 9.97. The molecule has 3 atom stereocenters. The molecule has 3 unspecified atom stereocenters. The zero-order chi connectivity index (χ0) is 15.1. The van der Waals surface area contributed by atoms with Gasteiger partial charge in [-0.1, -0.05) is 0 Å². The predicted octanol–water partition coefficient (Wildman–Crippen LogP) is 1.50. The smallest absolute Gasteiger partial charge is 0.337 e. The van der Waals surface area contributed by atoms with E-state index in [0.717, 1.165) is 12.8 Å². The summed E-state index contributed by atoms with van der Waals surface area (Å²) in [7, 11) is 0. The molecule has 0 bridgehead atoms. The van der Waals surface area contributed by atoms with Crippen LogP contribution in [0.2, 0.25) is 0 Å². The van der Waals surface area contributed by atoms with E-state index in [9.17, 15) is 25.1 Å². The van der Waals surface area contributed by atoms with E-state index in [0.29, 0.717) is 24.7 Å². The molecule has 7 heteroatoms. The molecule has 0 amide bonds. The summed E-state index contributed by atoms with van der Waals surface area (Å²) in [5, 5.41) is 30.1. The molecule has 2 N–H and O–H groups in total. The minimum absolute atomic E-state index is 0.0649. The number of hydrogen-bond acceptors (Lipinski definition) is 5. The zero-order valence-electron chi connectivity index (χ0n) is 11.3. The van der Waals surface area contributed by atoms with E-state index in [1.165, 1.54) is 18.2 Å². The van der Waals surface area contributed by atoms with Crippen LogP contribution < -0.4 is 4.90 Å². The number of nitrogens with zero attached hydrogens (tertiary/aromatic N) is 2. The lowest BCUT2D eigenvalue weighted by atomic mass is 10.00. The lowest BCUT2D eigenvalue weighted by molar-refractivity contribution is -0.384. The first kappa shape index (κ1) is 13.8. The minimum atomic E-state index is -1.10. The summed E-state index contributed by atoms with van der Waals surface area (Å²) < 4.78 is 0. The Morgan fingerprint density at radius 3 is 2.71 bits per heavy atom. The topological polar surface area (TPSA) is 104 Å². The number of aliphatic hydroxyl groups excluding tert-OH is 1. The van der Waals surface area contributed by atoms with Crippen LogP contribution in [0, 0.1) is 22.0 Å². The van der Waals surface area contributed by atoms with Gasteiger partial charge < -0.3 is 15.1 Å². The molecule has 1 aliphatic heterocycles. The number of carboxylic acid groups (broad SMARTS) is 1. The Labute approximate surface area is 121 Å². The number of nitro groups is 1. The number of benzene rings is 1. The van der Waals surface area contributed by atoms with Gasteiger partial charge in [0, 0.05) is 31.1 Å². The van der Waals surface area contributed by atoms with Gasteiger partial charge in [-0.05, 0) is 24.8 Å². The van der Waals surface area contributed by atoms with Gasteiger partial charge in [-0.25, -0.2) is 4.79 Å². The number of nitro benzene ring substituents is 1. The molecule has 7 nitrogen and oxygen atoms in total. The zero-order valence-corrected chi connectivity index (χ0v) is 11.3. The highest BCUT2D eigenvalue weighted by Gasteiger charge is 2.42. The van der Waals surface area contributed by atoms with Crippen molar-refractivity contribution in [2.75, 3.05) is 18.0 Å². The van der Waals surface area contributed by atoms with Crippen molar-refractivity contribution in [3.8, 4) is 0 Å². The normalized spacial score (nSPS) is 27.7. The van der Waals surface area contributed by atoms with Crippen molar-refractivity contribution in [1.82, 2.24) is 0 Å². The summed E-state index contributed by atoms with van der Waals surface area (Å²) in [6.07, 6.45) is 1.34. The van der Waals surface area contributed by atoms with E-state index >= 15 is 0 Å². The van der Waals surface area contributed by atoms with Crippen LogP contribution in [0.25, 0.3) is 0 Å². The van der Waals surface area contributed by atoms with Gasteiger partial charge in [-0.3, -0.25) is 10.1 Å². The molecule has 21 heavy (non-hydrogen) atoms. The van der Waals surface area contributed by atoms with Gasteiger partial charge in [-0.15, -0.1) is 0 Å². The minimum Gasteiger partial charge on any atom is -0.478 e. The van der Waals surface area contributed by atoms with Gasteiger partial charge in [0.25, 0.3) is 5.69 Å². The molecule has 1 aromatic rings. The van der Waals surface area contributed by atoms with Crippen molar-refractivity contribution in [2.24, 2.45) is 11.8 Å². The van der Waals surface area contributed by atoms with Gasteiger partial charge in [0.05, 0.1) is 22.3 Å². The second kappa shape index (κ2) is 5.00. The number of carbonyl (C=O) groups is 1. The maximum Gasteiger partial charge on any atom is 0.337 e. The van der Waals surface area contributed by atoms with Crippen molar-refractivity contribution >= 4 is 17.3 Å². The van der Waals surface area contributed by atoms with Crippen molar-refractivity contribution in [3.63, 3.8) is 0 Å². The number of anilines is 1. The van der Waals surface area contributed by atoms with Crippen LogP contribution in [0.4, 0.5) is 11.4 Å². The summed E-state index contributed by atoms with van der Waals surface area (Å²) in [5.41, 5.74) is 0.320. The van der Waals surface area contributed by atoms with Gasteiger partial charge in [0.1, 0.15) is 0 Å². The molecular weight excluding hydrogens is 276 g/mol. The number of aliphatic hydroxyl groups is 1. The summed E-state index contributed by atoms with van der Waals surface area (Å²) in [5.74, 6) is -0.635. The lowest BCUT2D eigenvalue weighted by Crippen LogP contribution is -2.26. The molecule has 2 fully saturated rings. The Kier molecular flexibility index (Phi) is 3.29. The van der Waals surface area contributed by atoms with Gasteiger partial charge in [0.15, 0.2) is 0 Å². The fourth-order valence-electron chi connectivity index (χ4n) is 3.51. The van der Waals surface area contributed by atoms with Crippen LogP contribution in [-0.4, -0.2) is 40.3 Å². The monoisotopic (exact) mass is 292 g/mol. The van der Waals surface area contributed by atoms with E-state index in [1.807, 2.05) is 4.90 Å². The lowest BCUT2D eigenvalue weighted by Gasteiger charge is -2.22. The third-order valence-electron chi connectivity index (χ3n) is 4.58. The first-order valence-electron chi connectivity index (χ1n) is 6.92. The Morgan fingerprint density at radius 1 is 1.33 bits per heavy atom. The highest BCUT2D eigenvalue weighted by atomic mass is 16.6. The number of non-ortho nitro benzene ring substituents is 1. The maximum absolute atomic E-state index is 11.3. The second-order valence-corrected chi connectivity index (χ2v) is 5.74. The van der Waals surface area contributed by atoms with E-state index in [-0.39, 0.29) is 23.3 Å². The van der Waals surface area contributed by atoms with E-state index in [1.54, 1.807) is 0 Å². The van der Waals surface area contributed by atoms with E-state index in [4.69, 9.17) is 0 Å². The highest BCUT2D eigenvalue weighted by Crippen LogP contribution is 2.41. The van der Waals surface area contributed by atoms with Crippen LogP contribution in [-0.2, 0) is 0 Å². The number of hydrogen-bond donors (Lipinski definition) is 2. The quantitative estimate of drug-likeness (QED) is 0.646.